The maximum atomic E-state index is 10.5. The largest absolute Gasteiger partial charge is 0.394 e. The molecule has 1 heterocycles. The molecule has 27 heavy (non-hydrogen) atoms. The molecule has 0 saturated carbocycles. The molecule has 1 aliphatic heterocycles. The minimum Gasteiger partial charge on any atom is -0.394 e. The van der Waals surface area contributed by atoms with Crippen LogP contribution in [0.15, 0.2) is 36.4 Å². The fraction of sp³-hybridized carbons (Fsp3) is 0.478. The molecule has 144 valence electrons. The van der Waals surface area contributed by atoms with Crippen LogP contribution in [0.3, 0.4) is 0 Å². The molecule has 0 radical (unpaired) electrons. The van der Waals surface area contributed by atoms with Crippen molar-refractivity contribution in [2.75, 3.05) is 6.61 Å². The van der Waals surface area contributed by atoms with E-state index in [9.17, 15) is 15.3 Å². The van der Waals surface area contributed by atoms with E-state index in [1.807, 2.05) is 0 Å². The van der Waals surface area contributed by atoms with Crippen LogP contribution in [0.4, 0.5) is 0 Å². The lowest BCUT2D eigenvalue weighted by molar-refractivity contribution is -0.179. The molecule has 0 aromatic heterocycles. The second kappa shape index (κ2) is 7.72. The third-order valence-corrected chi connectivity index (χ3v) is 5.89. The molecule has 4 nitrogen and oxygen atoms in total. The lowest BCUT2D eigenvalue weighted by Gasteiger charge is -2.37. The Bertz CT molecular complexity index is 816. The zero-order valence-electron chi connectivity index (χ0n) is 15.8. The molecule has 1 fully saturated rings. The van der Waals surface area contributed by atoms with Gasteiger partial charge in [-0.15, -0.1) is 0 Å². The average molecular weight is 368 g/mol. The molecule has 2 aromatic carbocycles. The van der Waals surface area contributed by atoms with Crippen molar-refractivity contribution in [3.05, 3.63) is 69.8 Å². The van der Waals surface area contributed by atoms with Gasteiger partial charge in [-0.1, -0.05) is 42.0 Å². The van der Waals surface area contributed by atoms with Crippen molar-refractivity contribution in [2.24, 2.45) is 0 Å². The Hall–Kier alpha value is -1.72. The molecule has 1 saturated heterocycles. The molecular formula is C23H28O4. The first-order valence-corrected chi connectivity index (χ1v) is 9.87. The maximum Gasteiger partial charge on any atom is 0.111 e. The summed E-state index contributed by atoms with van der Waals surface area (Å²) < 4.78 is 5.93. The normalized spacial score (nSPS) is 27.6. The number of aliphatic hydroxyl groups excluding tert-OH is 3. The zero-order chi connectivity index (χ0) is 19.0. The van der Waals surface area contributed by atoms with Crippen LogP contribution in [-0.4, -0.2) is 40.2 Å². The Labute approximate surface area is 160 Å². The van der Waals surface area contributed by atoms with Gasteiger partial charge in [0.2, 0.25) is 0 Å². The van der Waals surface area contributed by atoms with Gasteiger partial charge in [0.1, 0.15) is 12.2 Å². The quantitative estimate of drug-likeness (QED) is 0.776. The highest BCUT2D eigenvalue weighted by Crippen LogP contribution is 2.36. The number of hydrogen-bond acceptors (Lipinski definition) is 4. The molecule has 4 heteroatoms. The summed E-state index contributed by atoms with van der Waals surface area (Å²) in [7, 11) is 0. The SMILES string of the molecule is Cc1cccc(Cc2cc(C3OC(CO)CC(O)C3O)cc3c2CCC3)c1. The highest BCUT2D eigenvalue weighted by molar-refractivity contribution is 5.45. The van der Waals surface area contributed by atoms with E-state index in [0.29, 0.717) is 0 Å². The summed E-state index contributed by atoms with van der Waals surface area (Å²) in [6.45, 7) is 1.95. The van der Waals surface area contributed by atoms with E-state index >= 15 is 0 Å². The monoisotopic (exact) mass is 368 g/mol. The number of rotatable bonds is 4. The minimum absolute atomic E-state index is 0.151. The summed E-state index contributed by atoms with van der Waals surface area (Å²) in [6.07, 6.45) is 1.49. The van der Waals surface area contributed by atoms with Gasteiger partial charge in [0, 0.05) is 6.42 Å². The Morgan fingerprint density at radius 3 is 2.74 bits per heavy atom. The third-order valence-electron chi connectivity index (χ3n) is 5.89. The number of hydrogen-bond donors (Lipinski definition) is 3. The minimum atomic E-state index is -0.973. The first-order chi connectivity index (χ1) is 13.0. The third kappa shape index (κ3) is 3.81. The molecule has 0 bridgehead atoms. The average Bonchev–Trinajstić information content (AvgIpc) is 3.13. The van der Waals surface area contributed by atoms with Crippen molar-refractivity contribution >= 4 is 0 Å². The summed E-state index contributed by atoms with van der Waals surface area (Å²) >= 11 is 0. The molecule has 4 unspecified atom stereocenters. The van der Waals surface area contributed by atoms with Gasteiger partial charge in [0.25, 0.3) is 0 Å². The highest BCUT2D eigenvalue weighted by Gasteiger charge is 2.38. The van der Waals surface area contributed by atoms with E-state index < -0.39 is 24.4 Å². The predicted molar refractivity (Wildman–Crippen MR) is 104 cm³/mol. The van der Waals surface area contributed by atoms with Gasteiger partial charge in [0.05, 0.1) is 18.8 Å². The van der Waals surface area contributed by atoms with Gasteiger partial charge in [-0.2, -0.15) is 0 Å². The lowest BCUT2D eigenvalue weighted by Crippen LogP contribution is -2.44. The smallest absolute Gasteiger partial charge is 0.111 e. The van der Waals surface area contributed by atoms with E-state index in [2.05, 4.69) is 43.3 Å². The summed E-state index contributed by atoms with van der Waals surface area (Å²) in [5.74, 6) is 0. The Morgan fingerprint density at radius 1 is 1.11 bits per heavy atom. The van der Waals surface area contributed by atoms with Gasteiger partial charge >= 0.3 is 0 Å². The fourth-order valence-electron chi connectivity index (χ4n) is 4.54. The summed E-state index contributed by atoms with van der Waals surface area (Å²) in [5.41, 5.74) is 7.46. The molecular weight excluding hydrogens is 340 g/mol. The summed E-state index contributed by atoms with van der Waals surface area (Å²) in [5, 5.41) is 30.2. The molecule has 0 amide bonds. The Balaban J connectivity index is 1.70. The first kappa shape index (κ1) is 18.6. The number of ether oxygens (including phenoxy) is 1. The van der Waals surface area contributed by atoms with Gasteiger partial charge in [-0.25, -0.2) is 0 Å². The van der Waals surface area contributed by atoms with Crippen LogP contribution in [0.25, 0.3) is 0 Å². The van der Waals surface area contributed by atoms with Gasteiger partial charge in [-0.05, 0) is 60.4 Å². The van der Waals surface area contributed by atoms with Gasteiger partial charge in [-0.3, -0.25) is 0 Å². The van der Waals surface area contributed by atoms with E-state index in [4.69, 9.17) is 4.74 Å². The molecule has 2 aromatic rings. The number of aliphatic hydroxyl groups is 3. The topological polar surface area (TPSA) is 69.9 Å². The standard InChI is InChI=1S/C23H28O4/c1-14-4-2-5-15(8-14)9-17-11-18(10-16-6-3-7-20(16)17)23-22(26)21(25)12-19(13-24)27-23/h2,4-5,8,10-11,19,21-26H,3,6-7,9,12-13H2,1H3. The van der Waals surface area contributed by atoms with Crippen molar-refractivity contribution in [3.8, 4) is 0 Å². The zero-order valence-corrected chi connectivity index (χ0v) is 15.8. The van der Waals surface area contributed by atoms with Crippen LogP contribution in [-0.2, 0) is 24.0 Å². The molecule has 4 atom stereocenters. The lowest BCUT2D eigenvalue weighted by atomic mass is 9.88. The molecule has 3 N–H and O–H groups in total. The maximum absolute atomic E-state index is 10.5. The van der Waals surface area contributed by atoms with Gasteiger partial charge in [0.15, 0.2) is 0 Å². The second-order valence-corrected chi connectivity index (χ2v) is 7.99. The van der Waals surface area contributed by atoms with Crippen LogP contribution < -0.4 is 0 Å². The predicted octanol–water partition coefficient (Wildman–Crippen LogP) is 2.62. The molecule has 2 aliphatic rings. The fourth-order valence-corrected chi connectivity index (χ4v) is 4.54. The van der Waals surface area contributed by atoms with Crippen LogP contribution >= 0.6 is 0 Å². The highest BCUT2D eigenvalue weighted by atomic mass is 16.5. The number of fused-ring (bicyclic) bond motifs is 1. The van der Waals surface area contributed by atoms with Crippen LogP contribution in [0.1, 0.15) is 52.3 Å². The van der Waals surface area contributed by atoms with E-state index in [1.54, 1.807) is 0 Å². The number of benzene rings is 2. The Kier molecular flexibility index (Phi) is 5.33. The van der Waals surface area contributed by atoms with Crippen molar-refractivity contribution in [3.63, 3.8) is 0 Å². The van der Waals surface area contributed by atoms with E-state index in [0.717, 1.165) is 31.2 Å². The first-order valence-electron chi connectivity index (χ1n) is 9.87. The van der Waals surface area contributed by atoms with E-state index in [1.165, 1.54) is 27.8 Å². The Morgan fingerprint density at radius 2 is 1.96 bits per heavy atom. The summed E-state index contributed by atoms with van der Waals surface area (Å²) in [4.78, 5) is 0. The van der Waals surface area contributed by atoms with Crippen molar-refractivity contribution < 1.29 is 20.1 Å². The van der Waals surface area contributed by atoms with E-state index in [-0.39, 0.29) is 13.0 Å². The summed E-state index contributed by atoms with van der Waals surface area (Å²) in [6, 6.07) is 12.8. The van der Waals surface area contributed by atoms with Gasteiger partial charge < -0.3 is 20.1 Å². The molecule has 0 spiro atoms. The molecule has 4 rings (SSSR count). The van der Waals surface area contributed by atoms with Crippen LogP contribution in [0.5, 0.6) is 0 Å². The van der Waals surface area contributed by atoms with Crippen molar-refractivity contribution in [2.45, 2.75) is 63.4 Å². The second-order valence-electron chi connectivity index (χ2n) is 7.99. The molecule has 1 aliphatic carbocycles. The van der Waals surface area contributed by atoms with Crippen molar-refractivity contribution in [1.82, 2.24) is 0 Å². The number of aryl methyl sites for hydroxylation is 2. The van der Waals surface area contributed by atoms with Crippen LogP contribution in [0.2, 0.25) is 0 Å². The van der Waals surface area contributed by atoms with Crippen LogP contribution in [0, 0.1) is 6.92 Å². The van der Waals surface area contributed by atoms with Crippen molar-refractivity contribution in [1.29, 1.82) is 0 Å².